The highest BCUT2D eigenvalue weighted by Crippen LogP contribution is 2.65. The normalized spacial score (nSPS) is 47.8. The van der Waals surface area contributed by atoms with Crippen molar-refractivity contribution in [2.24, 2.45) is 28.6 Å². The zero-order valence-corrected chi connectivity index (χ0v) is 14.9. The Morgan fingerprint density at radius 1 is 1.22 bits per heavy atom. The van der Waals surface area contributed by atoms with E-state index in [4.69, 9.17) is 12.6 Å². The summed E-state index contributed by atoms with van der Waals surface area (Å²) in [4.78, 5) is 12.4. The van der Waals surface area contributed by atoms with Gasteiger partial charge in [-0.25, -0.2) is 4.39 Å². The van der Waals surface area contributed by atoms with Crippen LogP contribution < -0.4 is 0 Å². The van der Waals surface area contributed by atoms with Gasteiger partial charge in [-0.1, -0.05) is 18.6 Å². The van der Waals surface area contributed by atoms with Gasteiger partial charge in [-0.05, 0) is 74.0 Å². The van der Waals surface area contributed by atoms with E-state index < -0.39 is 0 Å². The lowest BCUT2D eigenvalue weighted by atomic mass is 9.47. The Bertz CT molecular complexity index is 594. The second-order valence-electron chi connectivity index (χ2n) is 8.50. The maximum absolute atomic E-state index is 13.0. The first-order valence-electron chi connectivity index (χ1n) is 9.19. The Balaban J connectivity index is 1.72. The number of halogens is 1. The van der Waals surface area contributed by atoms with Crippen molar-refractivity contribution in [1.82, 2.24) is 0 Å². The summed E-state index contributed by atoms with van der Waals surface area (Å²) in [6, 6.07) is 0. The predicted octanol–water partition coefficient (Wildman–Crippen LogP) is 5.28. The SMILES string of the molecule is C[C@]12CC[C@H]3[C@@H](CCC4=CC(=CF)CC[C@@]43CS)[C@@H]1CCC2=O. The Kier molecular flexibility index (Phi) is 3.79. The maximum Gasteiger partial charge on any atom is 0.139 e. The molecular formula is C20H27FOS. The van der Waals surface area contributed by atoms with Crippen molar-refractivity contribution in [1.29, 1.82) is 0 Å². The molecule has 3 saturated carbocycles. The fourth-order valence-electron chi connectivity index (χ4n) is 6.57. The van der Waals surface area contributed by atoms with Crippen molar-refractivity contribution in [2.75, 3.05) is 5.75 Å². The van der Waals surface area contributed by atoms with Crippen LogP contribution in [-0.4, -0.2) is 11.5 Å². The van der Waals surface area contributed by atoms with Crippen LogP contribution in [0.25, 0.3) is 0 Å². The van der Waals surface area contributed by atoms with Crippen molar-refractivity contribution >= 4 is 18.4 Å². The summed E-state index contributed by atoms with van der Waals surface area (Å²) in [5, 5.41) is 0. The monoisotopic (exact) mass is 334 g/mol. The van der Waals surface area contributed by atoms with Gasteiger partial charge < -0.3 is 0 Å². The minimum Gasteiger partial charge on any atom is -0.299 e. The van der Waals surface area contributed by atoms with Crippen LogP contribution >= 0.6 is 12.6 Å². The molecule has 0 radical (unpaired) electrons. The summed E-state index contributed by atoms with van der Waals surface area (Å²) >= 11 is 4.77. The quantitative estimate of drug-likeness (QED) is 0.645. The molecule has 0 bridgehead atoms. The van der Waals surface area contributed by atoms with Crippen LogP contribution in [0.4, 0.5) is 4.39 Å². The Hall–Kier alpha value is -0.570. The fraction of sp³-hybridized carbons (Fsp3) is 0.750. The van der Waals surface area contributed by atoms with E-state index in [9.17, 15) is 9.18 Å². The third kappa shape index (κ3) is 2.08. The number of carbonyl (C=O) groups excluding carboxylic acids is 1. The highest BCUT2D eigenvalue weighted by molar-refractivity contribution is 7.80. The van der Waals surface area contributed by atoms with Gasteiger partial charge in [0.2, 0.25) is 0 Å². The van der Waals surface area contributed by atoms with Gasteiger partial charge in [-0.3, -0.25) is 4.79 Å². The standard InChI is InChI=1S/C20H27FOS/c1-19-8-7-17-15(16(19)4-5-18(19)22)3-2-14-10-13(11-21)6-9-20(14,17)12-23/h10-11,15-17,23H,2-9,12H2,1H3/t15-,16-,17-,19-,20+/m0/s1. The second-order valence-corrected chi connectivity index (χ2v) is 8.82. The van der Waals surface area contributed by atoms with E-state index in [0.717, 1.165) is 62.6 Å². The molecule has 0 aromatic rings. The molecule has 0 spiro atoms. The molecule has 0 unspecified atom stereocenters. The zero-order chi connectivity index (χ0) is 16.2. The molecule has 5 atom stereocenters. The van der Waals surface area contributed by atoms with Crippen LogP contribution in [0.15, 0.2) is 23.6 Å². The molecule has 0 heterocycles. The predicted molar refractivity (Wildman–Crippen MR) is 94.1 cm³/mol. The first-order valence-corrected chi connectivity index (χ1v) is 9.83. The van der Waals surface area contributed by atoms with E-state index in [-0.39, 0.29) is 10.8 Å². The van der Waals surface area contributed by atoms with Crippen LogP contribution in [0, 0.1) is 28.6 Å². The van der Waals surface area contributed by atoms with E-state index in [1.54, 1.807) is 0 Å². The summed E-state index contributed by atoms with van der Waals surface area (Å²) in [5.41, 5.74) is 2.40. The molecule has 0 saturated heterocycles. The van der Waals surface area contributed by atoms with Gasteiger partial charge in [0.25, 0.3) is 0 Å². The fourth-order valence-corrected chi connectivity index (χ4v) is 7.16. The maximum atomic E-state index is 13.0. The molecular weight excluding hydrogens is 307 g/mol. The lowest BCUT2D eigenvalue weighted by Crippen LogP contribution is -2.52. The topological polar surface area (TPSA) is 17.1 Å². The van der Waals surface area contributed by atoms with Gasteiger partial charge in [-0.15, -0.1) is 0 Å². The highest BCUT2D eigenvalue weighted by Gasteiger charge is 2.59. The van der Waals surface area contributed by atoms with Crippen molar-refractivity contribution in [2.45, 2.75) is 58.3 Å². The summed E-state index contributed by atoms with van der Waals surface area (Å²) in [6.45, 7) is 2.23. The molecule has 126 valence electrons. The first-order chi connectivity index (χ1) is 11.0. The van der Waals surface area contributed by atoms with Crippen molar-refractivity contribution in [3.05, 3.63) is 23.6 Å². The molecule has 1 nitrogen and oxygen atoms in total. The number of thiol groups is 1. The van der Waals surface area contributed by atoms with Crippen molar-refractivity contribution in [3.8, 4) is 0 Å². The number of Topliss-reactive ketones (excluding diaryl/α,β-unsaturated/α-hetero) is 1. The van der Waals surface area contributed by atoms with Crippen molar-refractivity contribution in [3.63, 3.8) is 0 Å². The van der Waals surface area contributed by atoms with Gasteiger partial charge >= 0.3 is 0 Å². The van der Waals surface area contributed by atoms with E-state index in [1.165, 1.54) is 12.0 Å². The van der Waals surface area contributed by atoms with Gasteiger partial charge in [0.15, 0.2) is 0 Å². The second kappa shape index (κ2) is 5.47. The van der Waals surface area contributed by atoms with E-state index >= 15 is 0 Å². The first kappa shape index (κ1) is 15.9. The van der Waals surface area contributed by atoms with Crippen molar-refractivity contribution < 1.29 is 9.18 Å². The number of carbonyl (C=O) groups is 1. The smallest absolute Gasteiger partial charge is 0.139 e. The molecule has 0 aliphatic heterocycles. The number of ketones is 1. The summed E-state index contributed by atoms with van der Waals surface area (Å²) < 4.78 is 13.0. The van der Waals surface area contributed by atoms with Crippen LogP contribution in [0.5, 0.6) is 0 Å². The average molecular weight is 335 g/mol. The summed E-state index contributed by atoms with van der Waals surface area (Å²) in [7, 11) is 0. The largest absolute Gasteiger partial charge is 0.299 e. The van der Waals surface area contributed by atoms with Gasteiger partial charge in [0, 0.05) is 17.3 Å². The van der Waals surface area contributed by atoms with E-state index in [1.807, 2.05) is 0 Å². The molecule has 0 N–H and O–H groups in total. The molecule has 4 aliphatic carbocycles. The van der Waals surface area contributed by atoms with Crippen LogP contribution in [0.2, 0.25) is 0 Å². The minimum atomic E-state index is -0.0567. The third-order valence-corrected chi connectivity index (χ3v) is 8.45. The molecule has 4 aliphatic rings. The van der Waals surface area contributed by atoms with Gasteiger partial charge in [-0.2, -0.15) is 12.6 Å². The Labute approximate surface area is 144 Å². The van der Waals surface area contributed by atoms with Gasteiger partial charge in [0.1, 0.15) is 5.78 Å². The average Bonchev–Trinajstić information content (AvgIpc) is 2.89. The van der Waals surface area contributed by atoms with Crippen LogP contribution in [-0.2, 0) is 4.79 Å². The summed E-state index contributed by atoms with van der Waals surface area (Å²) in [5.74, 6) is 3.26. The van der Waals surface area contributed by atoms with E-state index in [2.05, 4.69) is 13.0 Å². The highest BCUT2D eigenvalue weighted by atomic mass is 32.1. The molecule has 3 fully saturated rings. The molecule has 0 amide bonds. The zero-order valence-electron chi connectivity index (χ0n) is 14.0. The molecule has 0 aromatic heterocycles. The van der Waals surface area contributed by atoms with Crippen LogP contribution in [0.3, 0.4) is 0 Å². The molecule has 4 rings (SSSR count). The Morgan fingerprint density at radius 2 is 2.04 bits per heavy atom. The summed E-state index contributed by atoms with van der Waals surface area (Å²) in [6.07, 6.45) is 11.1. The van der Waals surface area contributed by atoms with E-state index in [0.29, 0.717) is 23.5 Å². The molecule has 3 heteroatoms. The number of allylic oxidation sites excluding steroid dienone is 3. The molecule has 23 heavy (non-hydrogen) atoms. The number of hydrogen-bond donors (Lipinski definition) is 1. The minimum absolute atomic E-state index is 0.0567. The lowest BCUT2D eigenvalue weighted by molar-refractivity contribution is -0.132. The van der Waals surface area contributed by atoms with Crippen LogP contribution in [0.1, 0.15) is 58.3 Å². The van der Waals surface area contributed by atoms with Gasteiger partial charge in [0.05, 0.1) is 6.33 Å². The number of hydrogen-bond acceptors (Lipinski definition) is 2. The Morgan fingerprint density at radius 3 is 2.78 bits per heavy atom. The number of fused-ring (bicyclic) bond motifs is 5. The molecule has 0 aromatic carbocycles. The lowest BCUT2D eigenvalue weighted by Gasteiger charge is -2.58. The number of rotatable bonds is 1. The third-order valence-electron chi connectivity index (χ3n) is 7.88.